The van der Waals surface area contributed by atoms with E-state index in [-0.39, 0.29) is 5.78 Å². The highest BCUT2D eigenvalue weighted by Crippen LogP contribution is 2.38. The number of hydrogen-bond donors (Lipinski definition) is 0. The van der Waals surface area contributed by atoms with Crippen molar-refractivity contribution in [2.24, 2.45) is 0 Å². The molecule has 0 unspecified atom stereocenters. The van der Waals surface area contributed by atoms with E-state index in [4.69, 9.17) is 0 Å². The molecule has 3 heteroatoms. The fourth-order valence-electron chi connectivity index (χ4n) is 1.72. The van der Waals surface area contributed by atoms with Crippen molar-refractivity contribution in [1.82, 2.24) is 0 Å². The highest BCUT2D eigenvalue weighted by molar-refractivity contribution is 9.11. The van der Waals surface area contributed by atoms with Crippen LogP contribution in [0.4, 0.5) is 0 Å². The van der Waals surface area contributed by atoms with Gasteiger partial charge in [-0.2, -0.15) is 0 Å². The molecule has 1 aromatic heterocycles. The van der Waals surface area contributed by atoms with Crippen molar-refractivity contribution in [2.75, 3.05) is 0 Å². The fraction of sp³-hybridized carbons (Fsp3) is 0.444. The van der Waals surface area contributed by atoms with Gasteiger partial charge >= 0.3 is 0 Å². The SMILES string of the molecule is CC(=O)c1c(Br)sc2c1CCC2. The zero-order valence-corrected chi connectivity index (χ0v) is 9.22. The summed E-state index contributed by atoms with van der Waals surface area (Å²) in [4.78, 5) is 12.7. The molecule has 1 aromatic rings. The Bertz CT molecular complexity index is 341. The molecule has 1 heterocycles. The van der Waals surface area contributed by atoms with Crippen LogP contribution in [0.1, 0.15) is 34.1 Å². The maximum Gasteiger partial charge on any atom is 0.162 e. The molecule has 0 bridgehead atoms. The number of ketones is 1. The first-order chi connectivity index (χ1) is 5.70. The number of thiophene rings is 1. The Morgan fingerprint density at radius 1 is 1.50 bits per heavy atom. The summed E-state index contributed by atoms with van der Waals surface area (Å²) in [5.41, 5.74) is 2.24. The zero-order chi connectivity index (χ0) is 8.72. The maximum absolute atomic E-state index is 11.3. The van der Waals surface area contributed by atoms with Gasteiger partial charge in [0.1, 0.15) is 0 Å². The van der Waals surface area contributed by atoms with E-state index in [9.17, 15) is 4.79 Å². The van der Waals surface area contributed by atoms with Crippen molar-refractivity contribution in [2.45, 2.75) is 26.2 Å². The van der Waals surface area contributed by atoms with Crippen LogP contribution in [0, 0.1) is 0 Å². The van der Waals surface area contributed by atoms with Crippen LogP contribution in [0.3, 0.4) is 0 Å². The third-order valence-electron chi connectivity index (χ3n) is 2.23. The van der Waals surface area contributed by atoms with Crippen molar-refractivity contribution in [3.63, 3.8) is 0 Å². The first-order valence-electron chi connectivity index (χ1n) is 4.01. The largest absolute Gasteiger partial charge is 0.294 e. The second-order valence-corrected chi connectivity index (χ2v) is 5.49. The molecule has 64 valence electrons. The summed E-state index contributed by atoms with van der Waals surface area (Å²) in [6.07, 6.45) is 3.47. The summed E-state index contributed by atoms with van der Waals surface area (Å²) < 4.78 is 1.03. The summed E-state index contributed by atoms with van der Waals surface area (Å²) in [6, 6.07) is 0. The molecule has 0 aromatic carbocycles. The van der Waals surface area contributed by atoms with Gasteiger partial charge in [0.25, 0.3) is 0 Å². The minimum absolute atomic E-state index is 0.196. The molecule has 1 nitrogen and oxygen atoms in total. The normalized spacial score (nSPS) is 14.8. The van der Waals surface area contributed by atoms with E-state index in [1.807, 2.05) is 0 Å². The molecule has 0 aliphatic heterocycles. The van der Waals surface area contributed by atoms with Gasteiger partial charge < -0.3 is 0 Å². The highest BCUT2D eigenvalue weighted by Gasteiger charge is 2.22. The summed E-state index contributed by atoms with van der Waals surface area (Å²) in [5.74, 6) is 0.196. The van der Waals surface area contributed by atoms with E-state index in [0.29, 0.717) is 0 Å². The third-order valence-corrected chi connectivity index (χ3v) is 4.19. The Balaban J connectivity index is 2.59. The van der Waals surface area contributed by atoms with Crippen molar-refractivity contribution < 1.29 is 4.79 Å². The van der Waals surface area contributed by atoms with Crippen LogP contribution in [-0.4, -0.2) is 5.78 Å². The number of halogens is 1. The Labute approximate surface area is 83.9 Å². The minimum Gasteiger partial charge on any atom is -0.294 e. The van der Waals surface area contributed by atoms with E-state index < -0.39 is 0 Å². The van der Waals surface area contributed by atoms with Crippen LogP contribution in [0.2, 0.25) is 0 Å². The molecule has 0 atom stereocenters. The third kappa shape index (κ3) is 1.15. The average molecular weight is 245 g/mol. The van der Waals surface area contributed by atoms with E-state index in [0.717, 1.165) is 22.2 Å². The number of carbonyl (C=O) groups excluding carboxylic acids is 1. The van der Waals surface area contributed by atoms with Gasteiger partial charge in [-0.15, -0.1) is 11.3 Å². The molecule has 0 fully saturated rings. The Morgan fingerprint density at radius 2 is 2.25 bits per heavy atom. The number of Topliss-reactive ketones (excluding diaryl/α,β-unsaturated/α-hetero) is 1. The Hall–Kier alpha value is -0.150. The quantitative estimate of drug-likeness (QED) is 0.694. The number of carbonyl (C=O) groups is 1. The van der Waals surface area contributed by atoms with Gasteiger partial charge in [-0.05, 0) is 47.7 Å². The Morgan fingerprint density at radius 3 is 2.92 bits per heavy atom. The van der Waals surface area contributed by atoms with Gasteiger partial charge in [0.2, 0.25) is 0 Å². The molecular formula is C9H9BrOS. The van der Waals surface area contributed by atoms with Gasteiger partial charge in [-0.3, -0.25) is 4.79 Å². The van der Waals surface area contributed by atoms with E-state index >= 15 is 0 Å². The highest BCUT2D eigenvalue weighted by atomic mass is 79.9. The van der Waals surface area contributed by atoms with E-state index in [1.165, 1.54) is 16.9 Å². The van der Waals surface area contributed by atoms with E-state index in [1.54, 1.807) is 18.3 Å². The van der Waals surface area contributed by atoms with Crippen molar-refractivity contribution in [1.29, 1.82) is 0 Å². The molecule has 0 N–H and O–H groups in total. The van der Waals surface area contributed by atoms with Gasteiger partial charge in [-0.25, -0.2) is 0 Å². The van der Waals surface area contributed by atoms with Crippen molar-refractivity contribution in [3.05, 3.63) is 19.8 Å². The summed E-state index contributed by atoms with van der Waals surface area (Å²) in [7, 11) is 0. The predicted octanol–water partition coefficient (Wildman–Crippen LogP) is 3.20. The second kappa shape index (κ2) is 2.96. The van der Waals surface area contributed by atoms with Crippen LogP contribution < -0.4 is 0 Å². The lowest BCUT2D eigenvalue weighted by Crippen LogP contribution is -1.94. The fourth-order valence-corrected chi connectivity index (χ4v) is 3.99. The number of hydrogen-bond acceptors (Lipinski definition) is 2. The lowest BCUT2D eigenvalue weighted by Gasteiger charge is -1.95. The average Bonchev–Trinajstić information content (AvgIpc) is 2.44. The van der Waals surface area contributed by atoms with Gasteiger partial charge in [0, 0.05) is 10.4 Å². The summed E-state index contributed by atoms with van der Waals surface area (Å²) >= 11 is 5.17. The summed E-state index contributed by atoms with van der Waals surface area (Å²) in [5, 5.41) is 0. The molecule has 1 aliphatic carbocycles. The molecule has 12 heavy (non-hydrogen) atoms. The number of fused-ring (bicyclic) bond motifs is 1. The van der Waals surface area contributed by atoms with Crippen LogP contribution in [0.5, 0.6) is 0 Å². The zero-order valence-electron chi connectivity index (χ0n) is 6.82. The van der Waals surface area contributed by atoms with Crippen LogP contribution in [0.15, 0.2) is 3.79 Å². The molecule has 0 spiro atoms. The number of aryl methyl sites for hydroxylation is 1. The standard InChI is InChI=1S/C9H9BrOS/c1-5(11)8-6-3-2-4-7(6)12-9(8)10/h2-4H2,1H3. The van der Waals surface area contributed by atoms with Crippen LogP contribution in [-0.2, 0) is 12.8 Å². The van der Waals surface area contributed by atoms with Gasteiger partial charge in [-0.1, -0.05) is 0 Å². The smallest absolute Gasteiger partial charge is 0.162 e. The van der Waals surface area contributed by atoms with E-state index in [2.05, 4.69) is 15.9 Å². The van der Waals surface area contributed by atoms with Crippen LogP contribution >= 0.6 is 27.3 Å². The second-order valence-electron chi connectivity index (χ2n) is 3.06. The monoisotopic (exact) mass is 244 g/mol. The van der Waals surface area contributed by atoms with Crippen molar-refractivity contribution in [3.8, 4) is 0 Å². The summed E-state index contributed by atoms with van der Waals surface area (Å²) in [6.45, 7) is 1.64. The first kappa shape index (κ1) is 8.45. The maximum atomic E-state index is 11.3. The first-order valence-corrected chi connectivity index (χ1v) is 5.62. The lowest BCUT2D eigenvalue weighted by molar-refractivity contribution is 0.101. The molecule has 1 aliphatic rings. The van der Waals surface area contributed by atoms with Crippen molar-refractivity contribution >= 4 is 33.0 Å². The molecular weight excluding hydrogens is 236 g/mol. The minimum atomic E-state index is 0.196. The predicted molar refractivity (Wildman–Crippen MR) is 54.0 cm³/mol. The molecule has 0 saturated carbocycles. The number of rotatable bonds is 1. The van der Waals surface area contributed by atoms with Gasteiger partial charge in [0.05, 0.1) is 3.79 Å². The molecule has 2 rings (SSSR count). The van der Waals surface area contributed by atoms with Gasteiger partial charge in [0.15, 0.2) is 5.78 Å². The lowest BCUT2D eigenvalue weighted by atomic mass is 10.1. The molecule has 0 amide bonds. The van der Waals surface area contributed by atoms with Crippen LogP contribution in [0.25, 0.3) is 0 Å². The topological polar surface area (TPSA) is 17.1 Å². The molecule has 0 saturated heterocycles. The molecule has 0 radical (unpaired) electrons. The Kier molecular flexibility index (Phi) is 2.09.